The molecule has 0 aromatic carbocycles. The SMILES string of the molecule is CC1(CNc2ncc(C(=O)O)cc2N)CC1. The van der Waals surface area contributed by atoms with Crippen LogP contribution in [-0.2, 0) is 0 Å². The normalized spacial score (nSPS) is 16.8. The quantitative estimate of drug-likeness (QED) is 0.718. The monoisotopic (exact) mass is 221 g/mol. The number of carboxylic acid groups (broad SMARTS) is 1. The number of carbonyl (C=O) groups is 1. The Balaban J connectivity index is 2.07. The number of nitrogens with zero attached hydrogens (tertiary/aromatic N) is 1. The summed E-state index contributed by atoms with van der Waals surface area (Å²) in [5.41, 5.74) is 6.57. The third kappa shape index (κ3) is 2.24. The summed E-state index contributed by atoms with van der Waals surface area (Å²) in [4.78, 5) is 14.7. The summed E-state index contributed by atoms with van der Waals surface area (Å²) in [7, 11) is 0. The molecule has 0 saturated heterocycles. The van der Waals surface area contributed by atoms with Crippen molar-refractivity contribution in [2.45, 2.75) is 19.8 Å². The Kier molecular flexibility index (Phi) is 2.46. The summed E-state index contributed by atoms with van der Waals surface area (Å²) < 4.78 is 0. The van der Waals surface area contributed by atoms with Gasteiger partial charge in [0, 0.05) is 12.7 Å². The van der Waals surface area contributed by atoms with Crippen molar-refractivity contribution in [3.05, 3.63) is 17.8 Å². The van der Waals surface area contributed by atoms with Gasteiger partial charge in [0.2, 0.25) is 0 Å². The van der Waals surface area contributed by atoms with E-state index in [1.807, 2.05) is 0 Å². The largest absolute Gasteiger partial charge is 0.478 e. The minimum absolute atomic E-state index is 0.112. The zero-order valence-electron chi connectivity index (χ0n) is 9.16. The van der Waals surface area contributed by atoms with Gasteiger partial charge in [-0.05, 0) is 24.3 Å². The highest BCUT2D eigenvalue weighted by Crippen LogP contribution is 2.44. The number of nitrogens with one attached hydrogen (secondary N) is 1. The topological polar surface area (TPSA) is 88.2 Å². The van der Waals surface area contributed by atoms with E-state index >= 15 is 0 Å². The Morgan fingerprint density at radius 2 is 2.38 bits per heavy atom. The van der Waals surface area contributed by atoms with Crippen LogP contribution >= 0.6 is 0 Å². The minimum atomic E-state index is -1.01. The third-order valence-electron chi connectivity index (χ3n) is 2.95. The number of nitrogens with two attached hydrogens (primary N) is 1. The van der Waals surface area contributed by atoms with Gasteiger partial charge in [-0.3, -0.25) is 0 Å². The maximum atomic E-state index is 10.7. The molecule has 4 N–H and O–H groups in total. The highest BCUT2D eigenvalue weighted by atomic mass is 16.4. The summed E-state index contributed by atoms with van der Waals surface area (Å²) in [5, 5.41) is 11.9. The second-order valence-electron chi connectivity index (χ2n) is 4.63. The predicted octanol–water partition coefficient (Wildman–Crippen LogP) is 1.57. The molecule has 0 bridgehead atoms. The summed E-state index contributed by atoms with van der Waals surface area (Å²) in [6, 6.07) is 1.42. The highest BCUT2D eigenvalue weighted by Gasteiger charge is 2.36. The van der Waals surface area contributed by atoms with E-state index in [1.54, 1.807) is 0 Å². The standard InChI is InChI=1S/C11H15N3O2/c1-11(2-3-11)6-14-9-8(12)4-7(5-13-9)10(15)16/h4-5H,2-3,6,12H2,1H3,(H,13,14)(H,15,16). The van der Waals surface area contributed by atoms with Gasteiger partial charge in [-0.15, -0.1) is 0 Å². The number of nitrogen functional groups attached to an aromatic ring is 1. The van der Waals surface area contributed by atoms with Gasteiger partial charge in [-0.2, -0.15) is 0 Å². The fraction of sp³-hybridized carbons (Fsp3) is 0.455. The first-order valence-electron chi connectivity index (χ1n) is 5.23. The molecule has 1 heterocycles. The van der Waals surface area contributed by atoms with E-state index in [4.69, 9.17) is 10.8 Å². The average molecular weight is 221 g/mol. The number of hydrogen-bond donors (Lipinski definition) is 3. The van der Waals surface area contributed by atoms with E-state index < -0.39 is 5.97 Å². The van der Waals surface area contributed by atoms with Crippen LogP contribution in [0.2, 0.25) is 0 Å². The van der Waals surface area contributed by atoms with E-state index in [2.05, 4.69) is 17.2 Å². The summed E-state index contributed by atoms with van der Waals surface area (Å²) in [6.45, 7) is 3.03. The molecule has 0 radical (unpaired) electrons. The molecule has 1 aromatic rings. The summed E-state index contributed by atoms with van der Waals surface area (Å²) >= 11 is 0. The van der Waals surface area contributed by atoms with Crippen LogP contribution < -0.4 is 11.1 Å². The average Bonchev–Trinajstić information content (AvgIpc) is 2.95. The first-order chi connectivity index (χ1) is 7.50. The number of aromatic carboxylic acids is 1. The smallest absolute Gasteiger partial charge is 0.337 e. The van der Waals surface area contributed by atoms with Crippen LogP contribution in [0.15, 0.2) is 12.3 Å². The van der Waals surface area contributed by atoms with Gasteiger partial charge in [0.05, 0.1) is 11.3 Å². The number of hydrogen-bond acceptors (Lipinski definition) is 4. The fourth-order valence-corrected chi connectivity index (χ4v) is 1.43. The molecule has 86 valence electrons. The van der Waals surface area contributed by atoms with Gasteiger partial charge >= 0.3 is 5.97 Å². The molecular weight excluding hydrogens is 206 g/mol. The Morgan fingerprint density at radius 1 is 1.69 bits per heavy atom. The highest BCUT2D eigenvalue weighted by molar-refractivity contribution is 5.89. The van der Waals surface area contributed by atoms with Gasteiger partial charge in [-0.1, -0.05) is 6.92 Å². The van der Waals surface area contributed by atoms with Crippen LogP contribution in [0.5, 0.6) is 0 Å². The Labute approximate surface area is 93.7 Å². The Bertz CT molecular complexity index is 427. The van der Waals surface area contributed by atoms with Crippen molar-refractivity contribution in [1.29, 1.82) is 0 Å². The van der Waals surface area contributed by atoms with Gasteiger partial charge in [-0.25, -0.2) is 9.78 Å². The van der Waals surface area contributed by atoms with Crippen LogP contribution in [0.4, 0.5) is 11.5 Å². The van der Waals surface area contributed by atoms with Crippen molar-refractivity contribution >= 4 is 17.5 Å². The van der Waals surface area contributed by atoms with Crippen LogP contribution in [0.3, 0.4) is 0 Å². The zero-order chi connectivity index (χ0) is 11.8. The molecule has 1 saturated carbocycles. The van der Waals surface area contributed by atoms with Crippen LogP contribution in [0.25, 0.3) is 0 Å². The lowest BCUT2D eigenvalue weighted by Crippen LogP contribution is -2.14. The molecule has 1 fully saturated rings. The van der Waals surface area contributed by atoms with Gasteiger partial charge in [0.25, 0.3) is 0 Å². The van der Waals surface area contributed by atoms with Gasteiger partial charge in [0.15, 0.2) is 0 Å². The molecule has 16 heavy (non-hydrogen) atoms. The van der Waals surface area contributed by atoms with Crippen LogP contribution in [-0.4, -0.2) is 22.6 Å². The molecule has 5 nitrogen and oxygen atoms in total. The van der Waals surface area contributed by atoms with E-state index in [9.17, 15) is 4.79 Å². The van der Waals surface area contributed by atoms with E-state index in [0.717, 1.165) is 6.54 Å². The summed E-state index contributed by atoms with van der Waals surface area (Å²) in [6.07, 6.45) is 3.75. The maximum Gasteiger partial charge on any atom is 0.337 e. The van der Waals surface area contributed by atoms with E-state index in [0.29, 0.717) is 16.9 Å². The lowest BCUT2D eigenvalue weighted by Gasteiger charge is -2.12. The summed E-state index contributed by atoms with van der Waals surface area (Å²) in [5.74, 6) is -0.446. The molecule has 0 atom stereocenters. The number of pyridine rings is 1. The minimum Gasteiger partial charge on any atom is -0.478 e. The molecule has 0 unspecified atom stereocenters. The number of anilines is 2. The van der Waals surface area contributed by atoms with Crippen molar-refractivity contribution in [1.82, 2.24) is 4.98 Å². The number of carboxylic acids is 1. The molecule has 1 aliphatic rings. The zero-order valence-corrected chi connectivity index (χ0v) is 9.16. The Morgan fingerprint density at radius 3 is 2.88 bits per heavy atom. The predicted molar refractivity (Wildman–Crippen MR) is 61.4 cm³/mol. The van der Waals surface area contributed by atoms with Crippen molar-refractivity contribution in [2.75, 3.05) is 17.6 Å². The van der Waals surface area contributed by atoms with Crippen molar-refractivity contribution in [3.63, 3.8) is 0 Å². The second kappa shape index (κ2) is 3.66. The first kappa shape index (κ1) is 10.7. The molecule has 5 heteroatoms. The van der Waals surface area contributed by atoms with Crippen LogP contribution in [0, 0.1) is 5.41 Å². The lowest BCUT2D eigenvalue weighted by atomic mass is 10.1. The molecule has 2 rings (SSSR count). The Hall–Kier alpha value is -1.78. The molecule has 1 aromatic heterocycles. The van der Waals surface area contributed by atoms with Crippen LogP contribution in [0.1, 0.15) is 30.1 Å². The first-order valence-corrected chi connectivity index (χ1v) is 5.23. The van der Waals surface area contributed by atoms with Crippen molar-refractivity contribution < 1.29 is 9.90 Å². The van der Waals surface area contributed by atoms with Gasteiger partial charge < -0.3 is 16.2 Å². The molecule has 1 aliphatic carbocycles. The third-order valence-corrected chi connectivity index (χ3v) is 2.95. The lowest BCUT2D eigenvalue weighted by molar-refractivity contribution is 0.0696. The number of aromatic nitrogens is 1. The maximum absolute atomic E-state index is 10.7. The molecule has 0 spiro atoms. The molecule has 0 aliphatic heterocycles. The van der Waals surface area contributed by atoms with E-state index in [1.165, 1.54) is 25.1 Å². The second-order valence-corrected chi connectivity index (χ2v) is 4.63. The fourth-order valence-electron chi connectivity index (χ4n) is 1.43. The van der Waals surface area contributed by atoms with Crippen molar-refractivity contribution in [2.24, 2.45) is 5.41 Å². The number of rotatable bonds is 4. The molecular formula is C11H15N3O2. The van der Waals surface area contributed by atoms with Gasteiger partial charge in [0.1, 0.15) is 5.82 Å². The van der Waals surface area contributed by atoms with Crippen molar-refractivity contribution in [3.8, 4) is 0 Å². The molecule has 0 amide bonds. The van der Waals surface area contributed by atoms with E-state index in [-0.39, 0.29) is 5.56 Å².